The molecule has 4 heteroatoms. The summed E-state index contributed by atoms with van der Waals surface area (Å²) in [6.07, 6.45) is -1.65. The minimum absolute atomic E-state index is 0.360. The van der Waals surface area contributed by atoms with Gasteiger partial charge in [0, 0.05) is 8.07 Å². The summed E-state index contributed by atoms with van der Waals surface area (Å²) in [5.74, 6) is -1.02. The van der Waals surface area contributed by atoms with Gasteiger partial charge in [-0.15, -0.1) is 0 Å². The summed E-state index contributed by atoms with van der Waals surface area (Å²) in [4.78, 5) is 0. The smallest absolute Gasteiger partial charge is 0.171 e. The molecule has 0 heterocycles. The zero-order valence-electron chi connectivity index (χ0n) is 9.12. The molecule has 0 aliphatic heterocycles. The van der Waals surface area contributed by atoms with E-state index in [2.05, 4.69) is 19.6 Å². The lowest BCUT2D eigenvalue weighted by molar-refractivity contribution is -0.181. The molecule has 0 saturated heterocycles. The summed E-state index contributed by atoms with van der Waals surface area (Å²) < 4.78 is 37.1. The van der Waals surface area contributed by atoms with Crippen LogP contribution in [0.2, 0.25) is 25.2 Å². The van der Waals surface area contributed by atoms with E-state index in [1.807, 2.05) is 0 Å². The molecule has 84 valence electrons. The molecule has 0 aromatic carbocycles. The molecule has 0 unspecified atom stereocenters. The molecule has 0 amide bonds. The second-order valence-corrected chi connectivity index (χ2v) is 11.0. The van der Waals surface area contributed by atoms with Gasteiger partial charge in [0.25, 0.3) is 0 Å². The second-order valence-electron chi connectivity index (χ2n) is 5.46. The van der Waals surface area contributed by atoms with Crippen LogP contribution in [0.1, 0.15) is 25.7 Å². The van der Waals surface area contributed by atoms with Crippen molar-refractivity contribution < 1.29 is 13.2 Å². The lowest BCUT2D eigenvalue weighted by Gasteiger charge is -2.36. The van der Waals surface area contributed by atoms with E-state index >= 15 is 0 Å². The minimum atomic E-state index is -3.95. The quantitative estimate of drug-likeness (QED) is 0.577. The van der Waals surface area contributed by atoms with Crippen molar-refractivity contribution >= 4 is 8.07 Å². The van der Waals surface area contributed by atoms with Gasteiger partial charge >= 0.3 is 6.18 Å². The Bertz CT molecular complexity index is 163. The zero-order chi connectivity index (χ0) is 11.0. The van der Waals surface area contributed by atoms with Crippen molar-refractivity contribution in [2.75, 3.05) is 0 Å². The highest BCUT2D eigenvalue weighted by molar-refractivity contribution is 6.77. The molecule has 0 spiro atoms. The maximum Gasteiger partial charge on any atom is 0.391 e. The van der Waals surface area contributed by atoms with E-state index in [1.54, 1.807) is 0 Å². The van der Waals surface area contributed by atoms with Crippen LogP contribution in [0.25, 0.3) is 0 Å². The van der Waals surface area contributed by atoms with Crippen LogP contribution in [-0.2, 0) is 0 Å². The maximum atomic E-state index is 12.4. The van der Waals surface area contributed by atoms with Gasteiger partial charge in [0.2, 0.25) is 0 Å². The largest absolute Gasteiger partial charge is 0.391 e. The summed E-state index contributed by atoms with van der Waals surface area (Å²) in [6.45, 7) is 6.77. The highest BCUT2D eigenvalue weighted by Gasteiger charge is 2.43. The third kappa shape index (κ3) is 3.00. The normalized spacial score (nSPS) is 30.4. The van der Waals surface area contributed by atoms with E-state index in [4.69, 9.17) is 0 Å². The summed E-state index contributed by atoms with van der Waals surface area (Å²) in [7, 11) is -1.21. The molecule has 1 fully saturated rings. The van der Waals surface area contributed by atoms with E-state index in [1.165, 1.54) is 0 Å². The molecule has 14 heavy (non-hydrogen) atoms. The SMILES string of the molecule is C[Si](C)(C)C1CCC(C(F)(F)F)CC1. The highest BCUT2D eigenvalue weighted by Crippen LogP contribution is 2.44. The van der Waals surface area contributed by atoms with Crippen LogP contribution in [0.4, 0.5) is 13.2 Å². The molecule has 0 bridgehead atoms. The van der Waals surface area contributed by atoms with Crippen molar-refractivity contribution in [3.63, 3.8) is 0 Å². The Labute approximate surface area is 84.9 Å². The van der Waals surface area contributed by atoms with Crippen LogP contribution >= 0.6 is 0 Å². The van der Waals surface area contributed by atoms with Crippen molar-refractivity contribution in [2.24, 2.45) is 5.92 Å². The summed E-state index contributed by atoms with van der Waals surface area (Å²) in [5.41, 5.74) is 0.598. The molecular formula is C10H19F3Si. The second kappa shape index (κ2) is 3.87. The number of alkyl halides is 3. The van der Waals surface area contributed by atoms with Crippen LogP contribution in [-0.4, -0.2) is 14.3 Å². The van der Waals surface area contributed by atoms with Crippen LogP contribution in [0.3, 0.4) is 0 Å². The van der Waals surface area contributed by atoms with Gasteiger partial charge in [-0.2, -0.15) is 13.2 Å². The average Bonchev–Trinajstić information content (AvgIpc) is 2.01. The molecule has 0 N–H and O–H groups in total. The first kappa shape index (κ1) is 12.1. The topological polar surface area (TPSA) is 0 Å². The molecule has 1 aliphatic rings. The van der Waals surface area contributed by atoms with Crippen molar-refractivity contribution in [1.29, 1.82) is 0 Å². The molecule has 1 saturated carbocycles. The molecule has 0 nitrogen and oxygen atoms in total. The van der Waals surface area contributed by atoms with E-state index in [0.717, 1.165) is 12.8 Å². The Morgan fingerprint density at radius 2 is 1.36 bits per heavy atom. The predicted molar refractivity (Wildman–Crippen MR) is 55.1 cm³/mol. The van der Waals surface area contributed by atoms with E-state index in [0.29, 0.717) is 18.4 Å². The van der Waals surface area contributed by atoms with Crippen LogP contribution in [0, 0.1) is 5.92 Å². The maximum absolute atomic E-state index is 12.4. The Kier molecular flexibility index (Phi) is 3.34. The number of halogens is 3. The molecule has 1 rings (SSSR count). The van der Waals surface area contributed by atoms with Crippen LogP contribution in [0.5, 0.6) is 0 Å². The lowest BCUT2D eigenvalue weighted by Crippen LogP contribution is -2.34. The Morgan fingerprint density at radius 3 is 1.64 bits per heavy atom. The highest BCUT2D eigenvalue weighted by atomic mass is 28.3. The Balaban J connectivity index is 2.47. The van der Waals surface area contributed by atoms with Gasteiger partial charge in [-0.05, 0) is 18.4 Å². The van der Waals surface area contributed by atoms with Crippen LogP contribution in [0.15, 0.2) is 0 Å². The monoisotopic (exact) mass is 224 g/mol. The molecule has 0 atom stereocenters. The standard InChI is InChI=1S/C10H19F3Si/c1-14(2,3)9-6-4-8(5-7-9)10(11,12)13/h8-9H,4-7H2,1-3H3. The van der Waals surface area contributed by atoms with Gasteiger partial charge in [-0.25, -0.2) is 0 Å². The first-order valence-electron chi connectivity index (χ1n) is 5.28. The Hall–Kier alpha value is 0.00688. The third-order valence-electron chi connectivity index (χ3n) is 3.41. The number of hydrogen-bond donors (Lipinski definition) is 0. The summed E-state index contributed by atoms with van der Waals surface area (Å²) >= 11 is 0. The first-order chi connectivity index (χ1) is 6.21. The van der Waals surface area contributed by atoms with E-state index in [9.17, 15) is 13.2 Å². The first-order valence-corrected chi connectivity index (χ1v) is 8.85. The van der Waals surface area contributed by atoms with E-state index in [-0.39, 0.29) is 0 Å². The van der Waals surface area contributed by atoms with Crippen molar-refractivity contribution in [3.05, 3.63) is 0 Å². The molecule has 0 aromatic rings. The van der Waals surface area contributed by atoms with E-state index < -0.39 is 20.2 Å². The number of hydrogen-bond acceptors (Lipinski definition) is 0. The van der Waals surface area contributed by atoms with Crippen molar-refractivity contribution in [1.82, 2.24) is 0 Å². The Morgan fingerprint density at radius 1 is 0.929 bits per heavy atom. The molecule has 0 aromatic heterocycles. The van der Waals surface area contributed by atoms with Crippen molar-refractivity contribution in [2.45, 2.75) is 57.0 Å². The van der Waals surface area contributed by atoms with Gasteiger partial charge in [0.1, 0.15) is 0 Å². The molecular weight excluding hydrogens is 205 g/mol. The molecule has 0 radical (unpaired) electrons. The summed E-state index contributed by atoms with van der Waals surface area (Å²) in [6, 6.07) is 0. The van der Waals surface area contributed by atoms with Crippen LogP contribution < -0.4 is 0 Å². The third-order valence-corrected chi connectivity index (χ3v) is 6.44. The van der Waals surface area contributed by atoms with Gasteiger partial charge in [-0.3, -0.25) is 0 Å². The minimum Gasteiger partial charge on any atom is -0.171 e. The zero-order valence-corrected chi connectivity index (χ0v) is 10.1. The van der Waals surface area contributed by atoms with Crippen molar-refractivity contribution in [3.8, 4) is 0 Å². The van der Waals surface area contributed by atoms with Gasteiger partial charge in [0.15, 0.2) is 0 Å². The fourth-order valence-electron chi connectivity index (χ4n) is 2.29. The fourth-order valence-corrected chi connectivity index (χ4v) is 4.35. The lowest BCUT2D eigenvalue weighted by atomic mass is 9.88. The fraction of sp³-hybridized carbons (Fsp3) is 1.00. The molecule has 1 aliphatic carbocycles. The van der Waals surface area contributed by atoms with Gasteiger partial charge < -0.3 is 0 Å². The average molecular weight is 224 g/mol. The number of rotatable bonds is 1. The summed E-state index contributed by atoms with van der Waals surface area (Å²) in [5, 5.41) is 0. The van der Waals surface area contributed by atoms with Gasteiger partial charge in [-0.1, -0.05) is 32.5 Å². The van der Waals surface area contributed by atoms with Gasteiger partial charge in [0.05, 0.1) is 5.92 Å². The predicted octanol–water partition coefficient (Wildman–Crippen LogP) is 4.45.